The number of carbonyl (C=O) groups is 1. The lowest BCUT2D eigenvalue weighted by Gasteiger charge is -2.22. The fourth-order valence-electron chi connectivity index (χ4n) is 2.58. The van der Waals surface area contributed by atoms with Crippen LogP contribution in [-0.2, 0) is 31.2 Å². The molecule has 0 aliphatic heterocycles. The van der Waals surface area contributed by atoms with Crippen molar-refractivity contribution in [3.63, 3.8) is 0 Å². The van der Waals surface area contributed by atoms with Gasteiger partial charge in [-0.3, -0.25) is 4.79 Å². The van der Waals surface area contributed by atoms with Gasteiger partial charge >= 0.3 is 5.97 Å². The topological polar surface area (TPSA) is 60.4 Å². The van der Waals surface area contributed by atoms with Gasteiger partial charge in [0.2, 0.25) is 0 Å². The fraction of sp³-hybridized carbons (Fsp3) is 0.350. The van der Waals surface area contributed by atoms with Crippen LogP contribution in [0, 0.1) is 6.92 Å². The first-order valence-corrected chi connectivity index (χ1v) is 9.79. The van der Waals surface area contributed by atoms with Crippen molar-refractivity contribution in [2.75, 3.05) is 12.9 Å². The third-order valence-electron chi connectivity index (χ3n) is 4.41. The first kappa shape index (κ1) is 19.2. The lowest BCUT2D eigenvalue weighted by molar-refractivity contribution is -0.146. The Morgan fingerprint density at radius 1 is 1.00 bits per heavy atom. The van der Waals surface area contributed by atoms with Crippen molar-refractivity contribution in [2.24, 2.45) is 0 Å². The van der Waals surface area contributed by atoms with Gasteiger partial charge in [0.15, 0.2) is 9.84 Å². The molecule has 134 valence electrons. The number of rotatable bonds is 6. The van der Waals surface area contributed by atoms with Crippen molar-refractivity contribution in [3.05, 3.63) is 65.2 Å². The minimum absolute atomic E-state index is 0.0514. The Labute approximate surface area is 149 Å². The number of esters is 1. The van der Waals surface area contributed by atoms with E-state index in [9.17, 15) is 13.2 Å². The van der Waals surface area contributed by atoms with Crippen molar-refractivity contribution in [1.82, 2.24) is 0 Å². The molecule has 0 unspecified atom stereocenters. The monoisotopic (exact) mass is 360 g/mol. The molecule has 0 saturated heterocycles. The molecule has 25 heavy (non-hydrogen) atoms. The van der Waals surface area contributed by atoms with Crippen LogP contribution < -0.4 is 0 Å². The summed E-state index contributed by atoms with van der Waals surface area (Å²) in [7, 11) is -1.94. The van der Waals surface area contributed by atoms with Gasteiger partial charge in [0.05, 0.1) is 23.2 Å². The van der Waals surface area contributed by atoms with Crippen LogP contribution in [0.25, 0.3) is 0 Å². The third-order valence-corrected chi connectivity index (χ3v) is 6.14. The molecule has 4 nitrogen and oxygen atoms in total. The van der Waals surface area contributed by atoms with Crippen LogP contribution in [0.2, 0.25) is 0 Å². The Balaban J connectivity index is 2.09. The molecule has 0 radical (unpaired) electrons. The number of sulfone groups is 1. The molecule has 0 saturated carbocycles. The predicted octanol–water partition coefficient (Wildman–Crippen LogP) is 3.46. The molecule has 0 amide bonds. The molecule has 0 N–H and O–H groups in total. The quantitative estimate of drug-likeness (QED) is 0.740. The van der Waals surface area contributed by atoms with Gasteiger partial charge in [0, 0.05) is 0 Å². The molecule has 0 atom stereocenters. The molecule has 0 heterocycles. The SMILES string of the molecule is COC(=O)C(C)(C)c1ccc(CCS(=O)(=O)c2ccc(C)cc2)cc1. The zero-order valence-electron chi connectivity index (χ0n) is 15.1. The molecule has 0 bridgehead atoms. The van der Waals surface area contributed by atoms with Crippen LogP contribution in [-0.4, -0.2) is 27.2 Å². The molecule has 0 aliphatic carbocycles. The number of carbonyl (C=O) groups excluding carboxylic acids is 1. The molecule has 0 aromatic heterocycles. The zero-order valence-corrected chi connectivity index (χ0v) is 15.9. The standard InChI is InChI=1S/C20H24O4S/c1-15-5-11-18(12-6-15)25(22,23)14-13-16-7-9-17(10-8-16)20(2,3)19(21)24-4/h5-12H,13-14H2,1-4H3. The highest BCUT2D eigenvalue weighted by atomic mass is 32.2. The maximum absolute atomic E-state index is 12.4. The van der Waals surface area contributed by atoms with Crippen LogP contribution in [0.15, 0.2) is 53.4 Å². The second kappa shape index (κ2) is 7.40. The van der Waals surface area contributed by atoms with E-state index in [2.05, 4.69) is 0 Å². The van der Waals surface area contributed by atoms with Gasteiger partial charge in [0.25, 0.3) is 0 Å². The summed E-state index contributed by atoms with van der Waals surface area (Å²) in [5, 5.41) is 0. The molecular weight excluding hydrogens is 336 g/mol. The van der Waals surface area contributed by atoms with E-state index < -0.39 is 15.3 Å². The highest BCUT2D eigenvalue weighted by Gasteiger charge is 2.30. The number of hydrogen-bond donors (Lipinski definition) is 0. The molecule has 2 aromatic rings. The normalized spacial score (nSPS) is 12.0. The molecule has 2 aromatic carbocycles. The van der Waals surface area contributed by atoms with Gasteiger partial charge in [-0.2, -0.15) is 0 Å². The molecule has 0 spiro atoms. The van der Waals surface area contributed by atoms with Gasteiger partial charge < -0.3 is 4.74 Å². The van der Waals surface area contributed by atoms with E-state index in [1.54, 1.807) is 38.1 Å². The van der Waals surface area contributed by atoms with Crippen LogP contribution in [0.4, 0.5) is 0 Å². The van der Waals surface area contributed by atoms with Crippen LogP contribution >= 0.6 is 0 Å². The summed E-state index contributed by atoms with van der Waals surface area (Å²) in [6, 6.07) is 14.3. The van der Waals surface area contributed by atoms with Crippen molar-refractivity contribution in [1.29, 1.82) is 0 Å². The maximum Gasteiger partial charge on any atom is 0.315 e. The summed E-state index contributed by atoms with van der Waals surface area (Å²) in [6.45, 7) is 5.53. The smallest absolute Gasteiger partial charge is 0.315 e. The van der Waals surface area contributed by atoms with E-state index in [0.717, 1.165) is 16.7 Å². The molecule has 0 fully saturated rings. The summed E-state index contributed by atoms with van der Waals surface area (Å²) >= 11 is 0. The summed E-state index contributed by atoms with van der Waals surface area (Å²) < 4.78 is 29.7. The van der Waals surface area contributed by atoms with E-state index in [-0.39, 0.29) is 11.7 Å². The van der Waals surface area contributed by atoms with Gasteiger partial charge in [-0.05, 0) is 50.5 Å². The maximum atomic E-state index is 12.4. The predicted molar refractivity (Wildman–Crippen MR) is 98.4 cm³/mol. The summed E-state index contributed by atoms with van der Waals surface area (Å²) in [4.78, 5) is 12.2. The van der Waals surface area contributed by atoms with E-state index in [0.29, 0.717) is 11.3 Å². The average molecular weight is 360 g/mol. The number of hydrogen-bond acceptors (Lipinski definition) is 4. The Morgan fingerprint density at radius 3 is 2.08 bits per heavy atom. The van der Waals surface area contributed by atoms with Gasteiger partial charge in [-0.15, -0.1) is 0 Å². The molecule has 0 aliphatic rings. The first-order valence-electron chi connectivity index (χ1n) is 8.14. The van der Waals surface area contributed by atoms with Crippen molar-refractivity contribution in [2.45, 2.75) is 37.5 Å². The largest absolute Gasteiger partial charge is 0.468 e. The third kappa shape index (κ3) is 4.48. The van der Waals surface area contributed by atoms with Crippen molar-refractivity contribution >= 4 is 15.8 Å². The zero-order chi connectivity index (χ0) is 18.7. The molecular formula is C20H24O4S. The number of ether oxygens (including phenoxy) is 1. The highest BCUT2D eigenvalue weighted by molar-refractivity contribution is 7.91. The minimum Gasteiger partial charge on any atom is -0.468 e. The van der Waals surface area contributed by atoms with Gasteiger partial charge in [-0.1, -0.05) is 42.0 Å². The Kier molecular flexibility index (Phi) is 5.68. The first-order chi connectivity index (χ1) is 11.7. The molecule has 5 heteroatoms. The van der Waals surface area contributed by atoms with Gasteiger partial charge in [-0.25, -0.2) is 8.42 Å². The van der Waals surface area contributed by atoms with E-state index >= 15 is 0 Å². The number of aryl methyl sites for hydroxylation is 2. The van der Waals surface area contributed by atoms with E-state index in [1.165, 1.54) is 7.11 Å². The lowest BCUT2D eigenvalue weighted by atomic mass is 9.84. The molecule has 2 rings (SSSR count). The Morgan fingerprint density at radius 2 is 1.56 bits per heavy atom. The number of benzene rings is 2. The lowest BCUT2D eigenvalue weighted by Crippen LogP contribution is -2.30. The average Bonchev–Trinajstić information content (AvgIpc) is 2.60. The minimum atomic E-state index is -3.31. The van der Waals surface area contributed by atoms with E-state index in [1.807, 2.05) is 31.2 Å². The van der Waals surface area contributed by atoms with E-state index in [4.69, 9.17) is 4.74 Å². The van der Waals surface area contributed by atoms with Crippen LogP contribution in [0.1, 0.15) is 30.5 Å². The second-order valence-corrected chi connectivity index (χ2v) is 8.80. The van der Waals surface area contributed by atoms with Gasteiger partial charge in [0.1, 0.15) is 0 Å². The van der Waals surface area contributed by atoms with Crippen molar-refractivity contribution in [3.8, 4) is 0 Å². The van der Waals surface area contributed by atoms with Crippen LogP contribution in [0.5, 0.6) is 0 Å². The Hall–Kier alpha value is -2.14. The highest BCUT2D eigenvalue weighted by Crippen LogP contribution is 2.25. The summed E-state index contributed by atoms with van der Waals surface area (Å²) in [5.41, 5.74) is 2.05. The van der Waals surface area contributed by atoms with Crippen molar-refractivity contribution < 1.29 is 17.9 Å². The number of methoxy groups -OCH3 is 1. The summed E-state index contributed by atoms with van der Waals surface area (Å²) in [5.74, 6) is -0.252. The Bertz CT molecular complexity index is 832. The van der Waals surface area contributed by atoms with Crippen LogP contribution in [0.3, 0.4) is 0 Å². The second-order valence-electron chi connectivity index (χ2n) is 6.70. The summed E-state index contributed by atoms with van der Waals surface area (Å²) in [6.07, 6.45) is 0.426. The fourth-order valence-corrected chi connectivity index (χ4v) is 3.87.